The molecule has 0 atom stereocenters. The summed E-state index contributed by atoms with van der Waals surface area (Å²) in [4.78, 5) is 12.1. The monoisotopic (exact) mass is 492 g/mol. The summed E-state index contributed by atoms with van der Waals surface area (Å²) in [6.45, 7) is 0.689. The van der Waals surface area contributed by atoms with Crippen molar-refractivity contribution in [2.75, 3.05) is 11.9 Å². The molecule has 31 heavy (non-hydrogen) atoms. The summed E-state index contributed by atoms with van der Waals surface area (Å²) in [6, 6.07) is 19.5. The maximum absolute atomic E-state index is 12.6. The van der Waals surface area contributed by atoms with Crippen molar-refractivity contribution in [1.29, 1.82) is 0 Å². The lowest BCUT2D eigenvalue weighted by Crippen LogP contribution is -2.21. The van der Waals surface area contributed by atoms with E-state index in [0.29, 0.717) is 24.5 Å². The molecule has 0 saturated carbocycles. The average Bonchev–Trinajstić information content (AvgIpc) is 2.74. The zero-order valence-electron chi connectivity index (χ0n) is 16.4. The van der Waals surface area contributed by atoms with Crippen molar-refractivity contribution in [1.82, 2.24) is 5.32 Å². The van der Waals surface area contributed by atoms with Crippen LogP contribution in [0.4, 0.5) is 18.9 Å². The number of hydrogen-bond donors (Lipinski definition) is 2. The first-order valence-electron chi connectivity index (χ1n) is 9.44. The highest BCUT2D eigenvalue weighted by atomic mass is 79.9. The Labute approximate surface area is 186 Å². The minimum Gasteiger partial charge on any atom is -0.483 e. The minimum atomic E-state index is -4.34. The van der Waals surface area contributed by atoms with E-state index in [4.69, 9.17) is 4.74 Å². The first kappa shape index (κ1) is 22.8. The van der Waals surface area contributed by atoms with E-state index in [0.717, 1.165) is 27.7 Å². The van der Waals surface area contributed by atoms with E-state index in [1.807, 2.05) is 24.3 Å². The van der Waals surface area contributed by atoms with Gasteiger partial charge in [-0.15, -0.1) is 0 Å². The molecule has 4 nitrogen and oxygen atoms in total. The highest BCUT2D eigenvalue weighted by molar-refractivity contribution is 9.10. The molecule has 8 heteroatoms. The zero-order valence-corrected chi connectivity index (χ0v) is 18.0. The standard InChI is InChI=1S/C23H20BrF3N2O2/c24-19-9-11-20(12-10-19)29-22(30)15-31-21-4-2-1-3-17(21)14-28-13-16-5-7-18(8-6-16)23(25,26)27/h1-12,28H,13-15H2,(H,29,30). The lowest BCUT2D eigenvalue weighted by molar-refractivity contribution is -0.137. The quantitative estimate of drug-likeness (QED) is 0.419. The zero-order chi connectivity index (χ0) is 22.3. The summed E-state index contributed by atoms with van der Waals surface area (Å²) in [6.07, 6.45) is -4.34. The largest absolute Gasteiger partial charge is 0.483 e. The van der Waals surface area contributed by atoms with Crippen LogP contribution in [0, 0.1) is 0 Å². The molecule has 0 bridgehead atoms. The van der Waals surface area contributed by atoms with Gasteiger partial charge in [0.25, 0.3) is 5.91 Å². The molecule has 0 aromatic heterocycles. The first-order valence-corrected chi connectivity index (χ1v) is 10.2. The fourth-order valence-electron chi connectivity index (χ4n) is 2.82. The highest BCUT2D eigenvalue weighted by Gasteiger charge is 2.29. The Morgan fingerprint density at radius 2 is 1.58 bits per heavy atom. The molecule has 3 rings (SSSR count). The van der Waals surface area contributed by atoms with Crippen molar-refractivity contribution in [2.45, 2.75) is 19.3 Å². The van der Waals surface area contributed by atoms with Crippen LogP contribution < -0.4 is 15.4 Å². The van der Waals surface area contributed by atoms with Gasteiger partial charge in [-0.3, -0.25) is 4.79 Å². The van der Waals surface area contributed by atoms with E-state index in [1.165, 1.54) is 12.1 Å². The van der Waals surface area contributed by atoms with Crippen LogP contribution in [0.1, 0.15) is 16.7 Å². The number of para-hydroxylation sites is 1. The van der Waals surface area contributed by atoms with E-state index >= 15 is 0 Å². The summed E-state index contributed by atoms with van der Waals surface area (Å²) in [5, 5.41) is 5.94. The molecule has 2 N–H and O–H groups in total. The molecule has 0 aliphatic heterocycles. The summed E-state index contributed by atoms with van der Waals surface area (Å²) in [5.74, 6) is 0.281. The number of hydrogen-bond acceptors (Lipinski definition) is 3. The maximum atomic E-state index is 12.6. The normalized spacial score (nSPS) is 11.2. The third-order valence-electron chi connectivity index (χ3n) is 4.39. The Kier molecular flexibility index (Phi) is 7.70. The van der Waals surface area contributed by atoms with Crippen LogP contribution in [0.2, 0.25) is 0 Å². The molecule has 0 aliphatic carbocycles. The molecule has 3 aromatic carbocycles. The number of alkyl halides is 3. The molecular weight excluding hydrogens is 473 g/mol. The van der Waals surface area contributed by atoms with Crippen LogP contribution in [-0.2, 0) is 24.1 Å². The fourth-order valence-corrected chi connectivity index (χ4v) is 3.08. The molecule has 0 saturated heterocycles. The maximum Gasteiger partial charge on any atom is 0.416 e. The predicted octanol–water partition coefficient (Wildman–Crippen LogP) is 5.78. The number of anilines is 1. The molecule has 0 unspecified atom stereocenters. The van der Waals surface area contributed by atoms with Crippen molar-refractivity contribution in [3.8, 4) is 5.75 Å². The van der Waals surface area contributed by atoms with Crippen LogP contribution in [0.5, 0.6) is 5.75 Å². The number of benzene rings is 3. The summed E-state index contributed by atoms with van der Waals surface area (Å²) < 4.78 is 44.5. The Hall–Kier alpha value is -2.84. The molecule has 0 spiro atoms. The lowest BCUT2D eigenvalue weighted by atomic mass is 10.1. The van der Waals surface area contributed by atoms with Gasteiger partial charge in [-0.25, -0.2) is 0 Å². The van der Waals surface area contributed by atoms with Crippen LogP contribution in [-0.4, -0.2) is 12.5 Å². The molecule has 3 aromatic rings. The first-order chi connectivity index (χ1) is 14.8. The lowest BCUT2D eigenvalue weighted by Gasteiger charge is -2.13. The number of amides is 1. The summed E-state index contributed by atoms with van der Waals surface area (Å²) >= 11 is 3.34. The van der Waals surface area contributed by atoms with Gasteiger partial charge in [-0.05, 0) is 48.0 Å². The molecule has 162 valence electrons. The van der Waals surface area contributed by atoms with Crippen molar-refractivity contribution in [3.05, 3.63) is 94.0 Å². The van der Waals surface area contributed by atoms with E-state index in [9.17, 15) is 18.0 Å². The Balaban J connectivity index is 1.50. The SMILES string of the molecule is O=C(COc1ccccc1CNCc1ccc(C(F)(F)F)cc1)Nc1ccc(Br)cc1. The third kappa shape index (κ3) is 7.11. The van der Waals surface area contributed by atoms with Gasteiger partial charge in [0.15, 0.2) is 6.61 Å². The van der Waals surface area contributed by atoms with E-state index < -0.39 is 11.7 Å². The number of nitrogens with one attached hydrogen (secondary N) is 2. The van der Waals surface area contributed by atoms with Crippen molar-refractivity contribution in [3.63, 3.8) is 0 Å². The van der Waals surface area contributed by atoms with Gasteiger partial charge >= 0.3 is 6.18 Å². The number of carbonyl (C=O) groups is 1. The van der Waals surface area contributed by atoms with Crippen molar-refractivity contribution >= 4 is 27.5 Å². The van der Waals surface area contributed by atoms with Gasteiger partial charge in [0.1, 0.15) is 5.75 Å². The van der Waals surface area contributed by atoms with Crippen LogP contribution >= 0.6 is 15.9 Å². The molecule has 0 aliphatic rings. The van der Waals surface area contributed by atoms with E-state index in [2.05, 4.69) is 26.6 Å². The molecular formula is C23H20BrF3N2O2. The second-order valence-corrected chi connectivity index (χ2v) is 7.67. The van der Waals surface area contributed by atoms with Crippen LogP contribution in [0.3, 0.4) is 0 Å². The van der Waals surface area contributed by atoms with Gasteiger partial charge < -0.3 is 15.4 Å². The van der Waals surface area contributed by atoms with Crippen LogP contribution in [0.15, 0.2) is 77.3 Å². The molecule has 1 amide bonds. The van der Waals surface area contributed by atoms with Crippen molar-refractivity contribution in [2.24, 2.45) is 0 Å². The van der Waals surface area contributed by atoms with Crippen molar-refractivity contribution < 1.29 is 22.7 Å². The second-order valence-electron chi connectivity index (χ2n) is 6.75. The van der Waals surface area contributed by atoms with E-state index in [-0.39, 0.29) is 12.5 Å². The fraction of sp³-hybridized carbons (Fsp3) is 0.174. The predicted molar refractivity (Wildman–Crippen MR) is 117 cm³/mol. The van der Waals surface area contributed by atoms with Gasteiger partial charge in [-0.2, -0.15) is 13.2 Å². The van der Waals surface area contributed by atoms with Gasteiger partial charge in [0, 0.05) is 28.8 Å². The molecule has 0 fully saturated rings. The van der Waals surface area contributed by atoms with Gasteiger partial charge in [0.2, 0.25) is 0 Å². The Morgan fingerprint density at radius 3 is 2.26 bits per heavy atom. The van der Waals surface area contributed by atoms with Crippen LogP contribution in [0.25, 0.3) is 0 Å². The Morgan fingerprint density at radius 1 is 0.903 bits per heavy atom. The number of ether oxygens (including phenoxy) is 1. The smallest absolute Gasteiger partial charge is 0.416 e. The van der Waals surface area contributed by atoms with Gasteiger partial charge in [0.05, 0.1) is 5.56 Å². The molecule has 0 heterocycles. The second kappa shape index (κ2) is 10.5. The summed E-state index contributed by atoms with van der Waals surface area (Å²) in [5.41, 5.74) is 1.57. The van der Waals surface area contributed by atoms with Gasteiger partial charge in [-0.1, -0.05) is 46.3 Å². The van der Waals surface area contributed by atoms with E-state index in [1.54, 1.807) is 24.3 Å². The summed E-state index contributed by atoms with van der Waals surface area (Å²) in [7, 11) is 0. The minimum absolute atomic E-state index is 0.147. The number of halogens is 4. The third-order valence-corrected chi connectivity index (χ3v) is 4.91. The average molecular weight is 493 g/mol. The Bertz CT molecular complexity index is 1010. The number of rotatable bonds is 8. The topological polar surface area (TPSA) is 50.4 Å². The molecule has 0 radical (unpaired) electrons. The highest BCUT2D eigenvalue weighted by Crippen LogP contribution is 2.29. The number of carbonyl (C=O) groups excluding carboxylic acids is 1.